The minimum Gasteiger partial charge on any atom is -0.497 e. The number of nitrogens with one attached hydrogen (secondary N) is 1. The van der Waals surface area contributed by atoms with Gasteiger partial charge >= 0.3 is 0 Å². The quantitative estimate of drug-likeness (QED) is 0.891. The van der Waals surface area contributed by atoms with Crippen LogP contribution in [0.3, 0.4) is 0 Å². The Labute approximate surface area is 123 Å². The topological polar surface area (TPSA) is 38.3 Å². The molecule has 3 nitrogen and oxygen atoms in total. The molecule has 19 heavy (non-hydrogen) atoms. The maximum Gasteiger partial charge on any atom is 0.252 e. The number of rotatable bonds is 5. The molecule has 0 fully saturated rings. The van der Waals surface area contributed by atoms with Crippen molar-refractivity contribution in [2.24, 2.45) is 11.3 Å². The maximum atomic E-state index is 12.2. The second-order valence-corrected chi connectivity index (χ2v) is 6.53. The van der Waals surface area contributed by atoms with Crippen molar-refractivity contribution in [1.29, 1.82) is 0 Å². The molecule has 1 rings (SSSR count). The van der Waals surface area contributed by atoms with Crippen molar-refractivity contribution < 1.29 is 9.53 Å². The molecule has 0 saturated carbocycles. The van der Waals surface area contributed by atoms with Crippen LogP contribution < -0.4 is 10.1 Å². The van der Waals surface area contributed by atoms with Crippen molar-refractivity contribution in [3.63, 3.8) is 0 Å². The number of hydrogen-bond acceptors (Lipinski definition) is 2. The minimum atomic E-state index is -0.0838. The number of methoxy groups -OCH3 is 1. The number of benzene rings is 1. The van der Waals surface area contributed by atoms with Crippen molar-refractivity contribution in [3.05, 3.63) is 28.2 Å². The molecule has 0 saturated heterocycles. The van der Waals surface area contributed by atoms with Gasteiger partial charge in [0, 0.05) is 11.0 Å². The SMILES string of the molecule is COc1ccc(Br)c(C(=O)NCC(C)(C)C(C)C)c1. The predicted molar refractivity (Wildman–Crippen MR) is 81.6 cm³/mol. The summed E-state index contributed by atoms with van der Waals surface area (Å²) in [5.41, 5.74) is 0.667. The van der Waals surface area contributed by atoms with Crippen molar-refractivity contribution in [1.82, 2.24) is 5.32 Å². The Morgan fingerprint density at radius 1 is 1.42 bits per heavy atom. The summed E-state index contributed by atoms with van der Waals surface area (Å²) >= 11 is 3.39. The zero-order chi connectivity index (χ0) is 14.6. The smallest absolute Gasteiger partial charge is 0.252 e. The summed E-state index contributed by atoms with van der Waals surface area (Å²) < 4.78 is 5.91. The highest BCUT2D eigenvalue weighted by Gasteiger charge is 2.23. The van der Waals surface area contributed by atoms with E-state index >= 15 is 0 Å². The Kier molecular flexibility index (Phi) is 5.41. The van der Waals surface area contributed by atoms with Gasteiger partial charge in [-0.2, -0.15) is 0 Å². The molecule has 106 valence electrons. The zero-order valence-corrected chi connectivity index (χ0v) is 13.8. The van der Waals surface area contributed by atoms with Crippen LogP contribution in [0.15, 0.2) is 22.7 Å². The summed E-state index contributed by atoms with van der Waals surface area (Å²) in [6, 6.07) is 5.38. The fourth-order valence-corrected chi connectivity index (χ4v) is 1.84. The van der Waals surface area contributed by atoms with Gasteiger partial charge in [-0.05, 0) is 45.5 Å². The third-order valence-electron chi connectivity index (χ3n) is 3.69. The molecule has 0 radical (unpaired) electrons. The first-order valence-corrected chi connectivity index (χ1v) is 7.19. The largest absolute Gasteiger partial charge is 0.497 e. The van der Waals surface area contributed by atoms with E-state index in [0.29, 0.717) is 23.8 Å². The molecule has 0 atom stereocenters. The van der Waals surface area contributed by atoms with E-state index in [9.17, 15) is 4.79 Å². The van der Waals surface area contributed by atoms with E-state index in [-0.39, 0.29) is 11.3 Å². The molecule has 1 aromatic rings. The summed E-state index contributed by atoms with van der Waals surface area (Å²) in [5, 5.41) is 2.99. The van der Waals surface area contributed by atoms with Crippen LogP contribution >= 0.6 is 15.9 Å². The molecule has 0 aromatic heterocycles. The Morgan fingerprint density at radius 2 is 2.05 bits per heavy atom. The fraction of sp³-hybridized carbons (Fsp3) is 0.533. The maximum absolute atomic E-state index is 12.2. The van der Waals surface area contributed by atoms with E-state index in [1.165, 1.54) is 0 Å². The average Bonchev–Trinajstić information content (AvgIpc) is 2.36. The highest BCUT2D eigenvalue weighted by atomic mass is 79.9. The molecule has 1 aromatic carbocycles. The Balaban J connectivity index is 2.79. The zero-order valence-electron chi connectivity index (χ0n) is 12.2. The molecular weight excluding hydrogens is 306 g/mol. The van der Waals surface area contributed by atoms with Crippen molar-refractivity contribution in [2.45, 2.75) is 27.7 Å². The van der Waals surface area contributed by atoms with E-state index in [4.69, 9.17) is 4.74 Å². The standard InChI is InChI=1S/C15H22BrNO2/c1-10(2)15(3,4)9-17-14(18)12-8-11(19-5)6-7-13(12)16/h6-8,10H,9H2,1-5H3,(H,17,18). The third-order valence-corrected chi connectivity index (χ3v) is 4.38. The average molecular weight is 328 g/mol. The summed E-state index contributed by atoms with van der Waals surface area (Å²) in [5.74, 6) is 1.09. The van der Waals surface area contributed by atoms with Crippen LogP contribution in [0.5, 0.6) is 5.75 Å². The van der Waals surface area contributed by atoms with Crippen LogP contribution in [0.4, 0.5) is 0 Å². The lowest BCUT2D eigenvalue weighted by Gasteiger charge is -2.29. The molecular formula is C15H22BrNO2. The van der Waals surface area contributed by atoms with Crippen molar-refractivity contribution in [2.75, 3.05) is 13.7 Å². The van der Waals surface area contributed by atoms with Gasteiger partial charge < -0.3 is 10.1 Å². The highest BCUT2D eigenvalue weighted by Crippen LogP contribution is 2.26. The molecule has 0 aliphatic carbocycles. The van der Waals surface area contributed by atoms with Gasteiger partial charge in [-0.3, -0.25) is 4.79 Å². The number of halogens is 1. The molecule has 0 heterocycles. The van der Waals surface area contributed by atoms with E-state index < -0.39 is 0 Å². The van der Waals surface area contributed by atoms with Crippen LogP contribution in [0, 0.1) is 11.3 Å². The summed E-state index contributed by atoms with van der Waals surface area (Å²) in [4.78, 5) is 12.2. The van der Waals surface area contributed by atoms with Crippen LogP contribution in [0.1, 0.15) is 38.1 Å². The van der Waals surface area contributed by atoms with E-state index in [0.717, 1.165) is 4.47 Å². The fourth-order valence-electron chi connectivity index (χ4n) is 1.41. The second kappa shape index (κ2) is 6.42. The van der Waals surface area contributed by atoms with Crippen LogP contribution in [-0.4, -0.2) is 19.6 Å². The molecule has 1 amide bonds. The number of carbonyl (C=O) groups excluding carboxylic acids is 1. The van der Waals surface area contributed by atoms with Gasteiger partial charge in [0.1, 0.15) is 5.75 Å². The first-order valence-electron chi connectivity index (χ1n) is 6.39. The Bertz CT molecular complexity index is 455. The lowest BCUT2D eigenvalue weighted by Crippen LogP contribution is -2.37. The lowest BCUT2D eigenvalue weighted by molar-refractivity contribution is 0.0923. The van der Waals surface area contributed by atoms with Crippen LogP contribution in [0.2, 0.25) is 0 Å². The number of ether oxygens (including phenoxy) is 1. The summed E-state index contributed by atoms with van der Waals surface area (Å²) in [7, 11) is 1.59. The van der Waals surface area contributed by atoms with Gasteiger partial charge in [0.25, 0.3) is 5.91 Å². The number of hydrogen-bond donors (Lipinski definition) is 1. The third kappa shape index (κ3) is 4.23. The minimum absolute atomic E-state index is 0.0704. The molecule has 0 aliphatic rings. The van der Waals surface area contributed by atoms with Crippen LogP contribution in [-0.2, 0) is 0 Å². The monoisotopic (exact) mass is 327 g/mol. The van der Waals surface area contributed by atoms with Gasteiger partial charge in [0.2, 0.25) is 0 Å². The van der Waals surface area contributed by atoms with E-state index in [2.05, 4.69) is 48.9 Å². The van der Waals surface area contributed by atoms with Gasteiger partial charge in [-0.1, -0.05) is 27.7 Å². The summed E-state index contributed by atoms with van der Waals surface area (Å²) in [6.07, 6.45) is 0. The molecule has 0 aliphatic heterocycles. The first kappa shape index (κ1) is 16.0. The van der Waals surface area contributed by atoms with Gasteiger partial charge in [-0.25, -0.2) is 0 Å². The van der Waals surface area contributed by atoms with Gasteiger partial charge in [0.15, 0.2) is 0 Å². The van der Waals surface area contributed by atoms with E-state index in [1.807, 2.05) is 12.1 Å². The molecule has 4 heteroatoms. The highest BCUT2D eigenvalue weighted by molar-refractivity contribution is 9.10. The molecule has 0 bridgehead atoms. The molecule has 1 N–H and O–H groups in total. The normalized spacial score (nSPS) is 11.5. The predicted octanol–water partition coefficient (Wildman–Crippen LogP) is 3.87. The van der Waals surface area contributed by atoms with Crippen molar-refractivity contribution >= 4 is 21.8 Å². The van der Waals surface area contributed by atoms with Gasteiger partial charge in [-0.15, -0.1) is 0 Å². The van der Waals surface area contributed by atoms with Crippen molar-refractivity contribution in [3.8, 4) is 5.75 Å². The second-order valence-electron chi connectivity index (χ2n) is 5.67. The first-order chi connectivity index (χ1) is 8.77. The van der Waals surface area contributed by atoms with Gasteiger partial charge in [0.05, 0.1) is 12.7 Å². The lowest BCUT2D eigenvalue weighted by atomic mass is 9.81. The van der Waals surface area contributed by atoms with E-state index in [1.54, 1.807) is 13.2 Å². The Hall–Kier alpha value is -1.03. The number of carbonyl (C=O) groups is 1. The number of amides is 1. The van der Waals surface area contributed by atoms with Crippen LogP contribution in [0.25, 0.3) is 0 Å². The Morgan fingerprint density at radius 3 is 2.58 bits per heavy atom. The molecule has 0 unspecified atom stereocenters. The summed E-state index contributed by atoms with van der Waals surface area (Å²) in [6.45, 7) is 9.27. The molecule has 0 spiro atoms.